The van der Waals surface area contributed by atoms with E-state index in [9.17, 15) is 9.59 Å². The number of benzene rings is 1. The van der Waals surface area contributed by atoms with Crippen molar-refractivity contribution in [2.75, 3.05) is 17.2 Å². The quantitative estimate of drug-likeness (QED) is 0.777. The van der Waals surface area contributed by atoms with Crippen LogP contribution in [0, 0.1) is 11.8 Å². The fraction of sp³-hybridized carbons (Fsp3) is 0.429. The van der Waals surface area contributed by atoms with Gasteiger partial charge in [0.25, 0.3) is 0 Å². The van der Waals surface area contributed by atoms with Crippen molar-refractivity contribution in [1.82, 2.24) is 0 Å². The lowest BCUT2D eigenvalue weighted by atomic mass is 10.1. The van der Waals surface area contributed by atoms with Crippen LogP contribution in [0.1, 0.15) is 19.8 Å². The van der Waals surface area contributed by atoms with Crippen LogP contribution in [-0.2, 0) is 9.59 Å². The van der Waals surface area contributed by atoms with Gasteiger partial charge in [0.2, 0.25) is 11.8 Å². The van der Waals surface area contributed by atoms with Crippen LogP contribution in [0.15, 0.2) is 24.3 Å². The summed E-state index contributed by atoms with van der Waals surface area (Å²) in [5.41, 5.74) is 6.81. The van der Waals surface area contributed by atoms with Gasteiger partial charge in [-0.1, -0.05) is 13.0 Å². The Morgan fingerprint density at radius 3 is 2.45 bits per heavy atom. The SMILES string of the molecule is CC(CN)C(=O)Nc1cccc(NC(=O)C2CC2)c1.Cl. The van der Waals surface area contributed by atoms with E-state index in [2.05, 4.69) is 10.6 Å². The second-order valence-corrected chi connectivity index (χ2v) is 4.97. The first-order chi connectivity index (χ1) is 9.10. The van der Waals surface area contributed by atoms with Gasteiger partial charge in [-0.05, 0) is 31.0 Å². The molecule has 1 aromatic carbocycles. The molecule has 1 fully saturated rings. The highest BCUT2D eigenvalue weighted by atomic mass is 35.5. The van der Waals surface area contributed by atoms with Crippen LogP contribution in [0.25, 0.3) is 0 Å². The summed E-state index contributed by atoms with van der Waals surface area (Å²) < 4.78 is 0. The van der Waals surface area contributed by atoms with Crippen molar-refractivity contribution in [2.45, 2.75) is 19.8 Å². The van der Waals surface area contributed by atoms with Crippen LogP contribution in [-0.4, -0.2) is 18.4 Å². The number of amides is 2. The van der Waals surface area contributed by atoms with Crippen molar-refractivity contribution >= 4 is 35.6 Å². The molecule has 0 spiro atoms. The highest BCUT2D eigenvalue weighted by Crippen LogP contribution is 2.30. The summed E-state index contributed by atoms with van der Waals surface area (Å²) >= 11 is 0. The number of carbonyl (C=O) groups is 2. The maximum atomic E-state index is 11.7. The van der Waals surface area contributed by atoms with Gasteiger partial charge in [-0.15, -0.1) is 12.4 Å². The number of rotatable bonds is 5. The van der Waals surface area contributed by atoms with E-state index in [1.165, 1.54) is 0 Å². The van der Waals surface area contributed by atoms with E-state index in [1.54, 1.807) is 25.1 Å². The molecule has 4 N–H and O–H groups in total. The number of nitrogens with two attached hydrogens (primary N) is 1. The van der Waals surface area contributed by atoms with Crippen molar-refractivity contribution in [1.29, 1.82) is 0 Å². The zero-order chi connectivity index (χ0) is 13.8. The molecule has 0 aromatic heterocycles. The van der Waals surface area contributed by atoms with Crippen molar-refractivity contribution in [3.8, 4) is 0 Å². The second-order valence-electron chi connectivity index (χ2n) is 4.97. The van der Waals surface area contributed by atoms with Gasteiger partial charge in [0.15, 0.2) is 0 Å². The monoisotopic (exact) mass is 297 g/mol. The van der Waals surface area contributed by atoms with E-state index in [0.29, 0.717) is 17.9 Å². The van der Waals surface area contributed by atoms with Gasteiger partial charge in [-0.3, -0.25) is 9.59 Å². The maximum Gasteiger partial charge on any atom is 0.228 e. The Kier molecular flexibility index (Phi) is 5.98. The maximum absolute atomic E-state index is 11.7. The topological polar surface area (TPSA) is 84.2 Å². The standard InChI is InChI=1S/C14H19N3O2.ClH/c1-9(8-15)13(18)16-11-3-2-4-12(7-11)17-14(19)10-5-6-10;/h2-4,7,9-10H,5-6,8,15H2,1H3,(H,16,18)(H,17,19);1H. The zero-order valence-electron chi connectivity index (χ0n) is 11.4. The molecule has 0 bridgehead atoms. The molecule has 1 aliphatic carbocycles. The summed E-state index contributed by atoms with van der Waals surface area (Å²) in [5.74, 6) is -0.132. The Labute approximate surface area is 124 Å². The third kappa shape index (κ3) is 4.51. The lowest BCUT2D eigenvalue weighted by Crippen LogP contribution is -2.26. The third-order valence-corrected chi connectivity index (χ3v) is 3.15. The molecule has 110 valence electrons. The Morgan fingerprint density at radius 1 is 1.30 bits per heavy atom. The zero-order valence-corrected chi connectivity index (χ0v) is 12.2. The fourth-order valence-corrected chi connectivity index (χ4v) is 1.64. The number of carbonyl (C=O) groups excluding carboxylic acids is 2. The van der Waals surface area contributed by atoms with E-state index in [0.717, 1.165) is 12.8 Å². The summed E-state index contributed by atoms with van der Waals surface area (Å²) in [5, 5.41) is 5.63. The summed E-state index contributed by atoms with van der Waals surface area (Å²) in [4.78, 5) is 23.4. The number of halogens is 1. The number of hydrogen-bond acceptors (Lipinski definition) is 3. The summed E-state index contributed by atoms with van der Waals surface area (Å²) in [6, 6.07) is 7.14. The van der Waals surface area contributed by atoms with E-state index in [1.807, 2.05) is 6.07 Å². The predicted molar refractivity (Wildman–Crippen MR) is 81.9 cm³/mol. The smallest absolute Gasteiger partial charge is 0.228 e. The van der Waals surface area contributed by atoms with E-state index < -0.39 is 0 Å². The summed E-state index contributed by atoms with van der Waals surface area (Å²) in [6.07, 6.45) is 1.94. The second kappa shape index (κ2) is 7.26. The molecule has 1 unspecified atom stereocenters. The molecule has 5 nitrogen and oxygen atoms in total. The average Bonchev–Trinajstić information content (AvgIpc) is 3.22. The molecule has 1 aliphatic rings. The minimum atomic E-state index is -0.232. The van der Waals surface area contributed by atoms with Crippen LogP contribution in [0.4, 0.5) is 11.4 Å². The van der Waals surface area contributed by atoms with Gasteiger partial charge in [-0.25, -0.2) is 0 Å². The van der Waals surface area contributed by atoms with Gasteiger partial charge >= 0.3 is 0 Å². The van der Waals surface area contributed by atoms with Gasteiger partial charge in [0, 0.05) is 29.8 Å². The first-order valence-electron chi connectivity index (χ1n) is 6.52. The summed E-state index contributed by atoms with van der Waals surface area (Å²) in [7, 11) is 0. The van der Waals surface area contributed by atoms with Crippen molar-refractivity contribution in [3.63, 3.8) is 0 Å². The van der Waals surface area contributed by atoms with Crippen molar-refractivity contribution in [3.05, 3.63) is 24.3 Å². The van der Waals surface area contributed by atoms with E-state index in [-0.39, 0.29) is 36.1 Å². The number of nitrogens with one attached hydrogen (secondary N) is 2. The molecule has 2 rings (SSSR count). The van der Waals surface area contributed by atoms with Crippen LogP contribution >= 0.6 is 12.4 Å². The first kappa shape index (κ1) is 16.5. The molecule has 0 aliphatic heterocycles. The van der Waals surface area contributed by atoms with Gasteiger partial charge < -0.3 is 16.4 Å². The number of hydrogen-bond donors (Lipinski definition) is 3. The fourth-order valence-electron chi connectivity index (χ4n) is 1.64. The molecule has 1 saturated carbocycles. The van der Waals surface area contributed by atoms with Crippen LogP contribution in [0.5, 0.6) is 0 Å². The van der Waals surface area contributed by atoms with Gasteiger partial charge in [-0.2, -0.15) is 0 Å². The molecule has 1 aromatic rings. The van der Waals surface area contributed by atoms with Crippen molar-refractivity contribution in [2.24, 2.45) is 17.6 Å². The number of anilines is 2. The Bertz CT molecular complexity index is 489. The predicted octanol–water partition coefficient (Wildman–Crippen LogP) is 1.99. The Balaban J connectivity index is 0.00000200. The normalized spacial score (nSPS) is 14.9. The molecular formula is C14H20ClN3O2. The van der Waals surface area contributed by atoms with Gasteiger partial charge in [0.05, 0.1) is 0 Å². The largest absolute Gasteiger partial charge is 0.330 e. The van der Waals surface area contributed by atoms with E-state index in [4.69, 9.17) is 5.73 Å². The molecule has 6 heteroatoms. The average molecular weight is 298 g/mol. The van der Waals surface area contributed by atoms with Crippen molar-refractivity contribution < 1.29 is 9.59 Å². The third-order valence-electron chi connectivity index (χ3n) is 3.15. The minimum absolute atomic E-state index is 0. The molecule has 1 atom stereocenters. The lowest BCUT2D eigenvalue weighted by Gasteiger charge is -2.11. The van der Waals surface area contributed by atoms with Crippen LogP contribution < -0.4 is 16.4 Å². The van der Waals surface area contributed by atoms with Crippen LogP contribution in [0.2, 0.25) is 0 Å². The molecular weight excluding hydrogens is 278 g/mol. The van der Waals surface area contributed by atoms with Crippen LogP contribution in [0.3, 0.4) is 0 Å². The molecule has 0 saturated heterocycles. The highest BCUT2D eigenvalue weighted by Gasteiger charge is 2.29. The molecule has 0 heterocycles. The Hall–Kier alpha value is -1.59. The minimum Gasteiger partial charge on any atom is -0.330 e. The van der Waals surface area contributed by atoms with Gasteiger partial charge in [0.1, 0.15) is 0 Å². The van der Waals surface area contributed by atoms with E-state index >= 15 is 0 Å². The first-order valence-corrected chi connectivity index (χ1v) is 6.52. The summed E-state index contributed by atoms with van der Waals surface area (Å²) in [6.45, 7) is 2.08. The lowest BCUT2D eigenvalue weighted by molar-refractivity contribution is -0.119. The molecule has 0 radical (unpaired) electrons. The highest BCUT2D eigenvalue weighted by molar-refractivity contribution is 5.96. The molecule has 20 heavy (non-hydrogen) atoms. The molecule has 2 amide bonds. The Morgan fingerprint density at radius 2 is 1.90 bits per heavy atom.